The molecule has 2 amide bonds. The highest BCUT2D eigenvalue weighted by atomic mass is 19.3. The largest absolute Gasteiger partial charge is 0.341 e. The third-order valence-electron chi connectivity index (χ3n) is 8.71. The molecule has 2 aliphatic heterocycles. The monoisotopic (exact) mass is 537 g/mol. The number of aryl methyl sites for hydroxylation is 3. The molecule has 39 heavy (non-hydrogen) atoms. The number of halogens is 2. The molecule has 3 aromatic rings. The number of rotatable bonds is 7. The number of benzene rings is 1. The van der Waals surface area contributed by atoms with Gasteiger partial charge in [-0.05, 0) is 67.2 Å². The van der Waals surface area contributed by atoms with Crippen molar-refractivity contribution in [3.05, 3.63) is 46.9 Å². The number of nitrogens with one attached hydrogen (secondary N) is 1. The number of anilines is 2. The van der Waals surface area contributed by atoms with Gasteiger partial charge >= 0.3 is 6.03 Å². The number of hydrogen-bond donors (Lipinski definition) is 1. The molecule has 1 aliphatic carbocycles. The van der Waals surface area contributed by atoms with Crippen molar-refractivity contribution < 1.29 is 13.6 Å². The highest BCUT2D eigenvalue weighted by Gasteiger charge is 2.33. The lowest BCUT2D eigenvalue weighted by atomic mass is 9.92. The minimum atomic E-state index is -2.62. The van der Waals surface area contributed by atoms with Gasteiger partial charge in [-0.15, -0.1) is 0 Å². The maximum absolute atomic E-state index is 14.4. The number of amides is 2. The second kappa shape index (κ2) is 10.3. The lowest BCUT2D eigenvalue weighted by molar-refractivity contribution is 0.152. The predicted molar refractivity (Wildman–Crippen MR) is 146 cm³/mol. The van der Waals surface area contributed by atoms with Crippen molar-refractivity contribution in [3.63, 3.8) is 0 Å². The van der Waals surface area contributed by atoms with Crippen LogP contribution in [0.15, 0.2) is 24.5 Å². The Kier molecular flexibility index (Phi) is 6.81. The molecule has 0 unspecified atom stereocenters. The summed E-state index contributed by atoms with van der Waals surface area (Å²) in [5.74, 6) is 2.29. The number of fused-ring (bicyclic) bond motifs is 2. The Morgan fingerprint density at radius 1 is 1.21 bits per heavy atom. The van der Waals surface area contributed by atoms with Gasteiger partial charge < -0.3 is 15.1 Å². The smallest absolute Gasteiger partial charge is 0.317 e. The van der Waals surface area contributed by atoms with Crippen LogP contribution in [0, 0.1) is 11.8 Å². The highest BCUT2D eigenvalue weighted by Crippen LogP contribution is 2.43. The molecule has 1 aromatic carbocycles. The molecular weight excluding hydrogens is 500 g/mol. The summed E-state index contributed by atoms with van der Waals surface area (Å²) in [7, 11) is 3.44. The summed E-state index contributed by atoms with van der Waals surface area (Å²) in [5, 5.41) is 12.1. The van der Waals surface area contributed by atoms with Crippen molar-refractivity contribution in [3.8, 4) is 11.1 Å². The Morgan fingerprint density at radius 3 is 2.72 bits per heavy atom. The van der Waals surface area contributed by atoms with Crippen LogP contribution in [0.4, 0.5) is 25.1 Å². The van der Waals surface area contributed by atoms with Crippen LogP contribution >= 0.6 is 0 Å². The van der Waals surface area contributed by atoms with Gasteiger partial charge in [0.2, 0.25) is 0 Å². The topological polar surface area (TPSA) is 71.2 Å². The van der Waals surface area contributed by atoms with E-state index in [1.807, 2.05) is 11.0 Å². The van der Waals surface area contributed by atoms with E-state index in [0.717, 1.165) is 60.8 Å². The molecule has 1 N–H and O–H groups in total. The van der Waals surface area contributed by atoms with Crippen LogP contribution in [0.1, 0.15) is 61.4 Å². The van der Waals surface area contributed by atoms with Gasteiger partial charge in [0.1, 0.15) is 0 Å². The SMILES string of the molecule is CNC(=O)N1CCc2c(c(N3CCCc4cc(-c5cnn(C)c5)c(C(F)F)cc43)nn2CC[C@H](C)C2CC2)C1. The average molecular weight is 538 g/mol. The van der Waals surface area contributed by atoms with Gasteiger partial charge in [0.15, 0.2) is 5.82 Å². The normalized spacial score (nSPS) is 17.8. The van der Waals surface area contributed by atoms with Crippen molar-refractivity contribution in [2.75, 3.05) is 25.0 Å². The molecule has 8 nitrogen and oxygen atoms in total. The Hall–Kier alpha value is -3.43. The molecule has 0 spiro atoms. The third-order valence-corrected chi connectivity index (χ3v) is 8.71. The van der Waals surface area contributed by atoms with Gasteiger partial charge in [-0.2, -0.15) is 10.2 Å². The number of urea groups is 1. The zero-order valence-electron chi connectivity index (χ0n) is 23.0. The van der Waals surface area contributed by atoms with Crippen molar-refractivity contribution in [1.82, 2.24) is 29.8 Å². The standard InChI is InChI=1S/C29H37F2N7O/c1-18(19-6-7-19)8-12-38-25-9-11-36(29(39)32-2)17-24(25)28(34-38)37-10-4-5-20-13-22(21-15-33-35(3)16-21)23(27(30)31)14-26(20)37/h13-16,18-19,27H,4-12,17H2,1-3H3,(H,32,39)/t18-/m0/s1. The quantitative estimate of drug-likeness (QED) is 0.436. The van der Waals surface area contributed by atoms with Gasteiger partial charge in [-0.25, -0.2) is 13.6 Å². The summed E-state index contributed by atoms with van der Waals surface area (Å²) in [6.45, 7) is 4.96. The first-order valence-electron chi connectivity index (χ1n) is 14.1. The van der Waals surface area contributed by atoms with E-state index in [2.05, 4.69) is 26.9 Å². The Balaban J connectivity index is 1.41. The van der Waals surface area contributed by atoms with Gasteiger partial charge in [-0.1, -0.05) is 6.92 Å². The van der Waals surface area contributed by atoms with Crippen LogP contribution in [-0.2, 0) is 33.0 Å². The van der Waals surface area contributed by atoms with Crippen LogP contribution < -0.4 is 10.2 Å². The molecule has 10 heteroatoms. The van der Waals surface area contributed by atoms with E-state index in [4.69, 9.17) is 5.10 Å². The number of alkyl halides is 2. The molecule has 3 aliphatic rings. The molecule has 2 aromatic heterocycles. The zero-order chi connectivity index (χ0) is 27.3. The van der Waals surface area contributed by atoms with Gasteiger partial charge in [0.05, 0.1) is 12.7 Å². The summed E-state index contributed by atoms with van der Waals surface area (Å²) in [6.07, 6.45) is 6.96. The van der Waals surface area contributed by atoms with Crippen LogP contribution in [0.3, 0.4) is 0 Å². The first-order chi connectivity index (χ1) is 18.8. The summed E-state index contributed by atoms with van der Waals surface area (Å²) in [5.41, 5.74) is 5.26. The molecule has 1 fully saturated rings. The van der Waals surface area contributed by atoms with E-state index in [1.165, 1.54) is 18.5 Å². The fourth-order valence-electron chi connectivity index (χ4n) is 6.29. The van der Waals surface area contributed by atoms with Gasteiger partial charge in [0, 0.05) is 74.4 Å². The number of carbonyl (C=O) groups is 1. The summed E-state index contributed by atoms with van der Waals surface area (Å²) < 4.78 is 32.6. The second-order valence-electron chi connectivity index (χ2n) is 11.3. The minimum absolute atomic E-state index is 0.00666. The molecule has 0 saturated heterocycles. The first-order valence-corrected chi connectivity index (χ1v) is 14.1. The van der Waals surface area contributed by atoms with Crippen molar-refractivity contribution in [1.29, 1.82) is 0 Å². The predicted octanol–water partition coefficient (Wildman–Crippen LogP) is 5.44. The summed E-state index contributed by atoms with van der Waals surface area (Å²) in [4.78, 5) is 16.5. The number of aromatic nitrogens is 4. The van der Waals surface area contributed by atoms with E-state index in [9.17, 15) is 13.6 Å². The molecule has 4 heterocycles. The maximum Gasteiger partial charge on any atom is 0.317 e. The van der Waals surface area contributed by atoms with E-state index < -0.39 is 6.43 Å². The van der Waals surface area contributed by atoms with Gasteiger partial charge in [0.25, 0.3) is 6.43 Å². The van der Waals surface area contributed by atoms with Crippen LogP contribution in [-0.4, -0.2) is 50.6 Å². The number of nitrogens with zero attached hydrogens (tertiary/aromatic N) is 6. The lowest BCUT2D eigenvalue weighted by Crippen LogP contribution is -2.41. The fourth-order valence-corrected chi connectivity index (χ4v) is 6.29. The molecule has 0 radical (unpaired) electrons. The minimum Gasteiger partial charge on any atom is -0.341 e. The third kappa shape index (κ3) is 4.89. The summed E-state index contributed by atoms with van der Waals surface area (Å²) >= 11 is 0. The van der Waals surface area contributed by atoms with Crippen molar-refractivity contribution in [2.45, 2.75) is 65.0 Å². The molecule has 1 saturated carbocycles. The van der Waals surface area contributed by atoms with Crippen LogP contribution in [0.2, 0.25) is 0 Å². The van der Waals surface area contributed by atoms with Crippen LogP contribution in [0.25, 0.3) is 11.1 Å². The molecule has 6 rings (SSSR count). The average Bonchev–Trinajstić information content (AvgIpc) is 3.61. The molecule has 1 atom stereocenters. The summed E-state index contributed by atoms with van der Waals surface area (Å²) in [6, 6.07) is 3.46. The van der Waals surface area contributed by atoms with Crippen molar-refractivity contribution in [2.24, 2.45) is 18.9 Å². The lowest BCUT2D eigenvalue weighted by Gasteiger charge is -2.33. The highest BCUT2D eigenvalue weighted by molar-refractivity contribution is 5.78. The van der Waals surface area contributed by atoms with Gasteiger partial charge in [-0.3, -0.25) is 9.36 Å². The molecule has 0 bridgehead atoms. The molecule has 208 valence electrons. The second-order valence-corrected chi connectivity index (χ2v) is 11.3. The Morgan fingerprint density at radius 2 is 2.03 bits per heavy atom. The molecular formula is C29H37F2N7O. The Bertz CT molecular complexity index is 1380. The van der Waals surface area contributed by atoms with E-state index >= 15 is 0 Å². The van der Waals surface area contributed by atoms with Crippen molar-refractivity contribution >= 4 is 17.5 Å². The Labute approximate surface area is 228 Å². The number of carbonyl (C=O) groups excluding carboxylic acids is 1. The van der Waals surface area contributed by atoms with E-state index in [-0.39, 0.29) is 11.6 Å². The first kappa shape index (κ1) is 25.8. The fraction of sp³-hybridized carbons (Fsp3) is 0.552. The van der Waals surface area contributed by atoms with E-state index in [0.29, 0.717) is 36.7 Å². The maximum atomic E-state index is 14.4. The number of hydrogen-bond acceptors (Lipinski definition) is 4. The zero-order valence-corrected chi connectivity index (χ0v) is 23.0. The van der Waals surface area contributed by atoms with E-state index in [1.54, 1.807) is 37.2 Å². The van der Waals surface area contributed by atoms with Crippen LogP contribution in [0.5, 0.6) is 0 Å².